The van der Waals surface area contributed by atoms with Gasteiger partial charge in [-0.15, -0.1) is 5.11 Å². The van der Waals surface area contributed by atoms with Crippen molar-refractivity contribution in [3.8, 4) is 11.3 Å². The minimum Gasteiger partial charge on any atom is -0.478 e. The summed E-state index contributed by atoms with van der Waals surface area (Å²) in [6, 6.07) is 12.8. The van der Waals surface area contributed by atoms with Crippen LogP contribution in [0.15, 0.2) is 63.6 Å². The predicted octanol–water partition coefficient (Wildman–Crippen LogP) is 4.14. The van der Waals surface area contributed by atoms with E-state index in [0.717, 1.165) is 0 Å². The number of carboxylic acids is 1. The fraction of sp³-hybridized carbons (Fsp3) is 0. The van der Waals surface area contributed by atoms with Gasteiger partial charge in [0, 0.05) is 10.6 Å². The number of nitrogens with one attached hydrogen (secondary N) is 2. The average Bonchev–Trinajstić information content (AvgIpc) is 2.95. The van der Waals surface area contributed by atoms with Gasteiger partial charge < -0.3 is 5.11 Å². The molecule has 0 fully saturated rings. The number of rotatable bonds is 4. The Morgan fingerprint density at radius 2 is 1.79 bits per heavy atom. The van der Waals surface area contributed by atoms with Gasteiger partial charge in [0.15, 0.2) is 5.69 Å². The Bertz CT molecular complexity index is 973. The van der Waals surface area contributed by atoms with Crippen molar-refractivity contribution in [3.05, 3.63) is 69.5 Å². The van der Waals surface area contributed by atoms with E-state index in [4.69, 9.17) is 16.7 Å². The Morgan fingerprint density at radius 3 is 2.50 bits per heavy atom. The quantitative estimate of drug-likeness (QED) is 0.619. The zero-order valence-electron chi connectivity index (χ0n) is 12.2. The molecule has 0 saturated carbocycles. The van der Waals surface area contributed by atoms with Gasteiger partial charge >= 0.3 is 5.97 Å². The lowest BCUT2D eigenvalue weighted by atomic mass is 10.1. The van der Waals surface area contributed by atoms with Crippen molar-refractivity contribution in [1.29, 1.82) is 0 Å². The molecule has 3 N–H and O–H groups in total. The molecular weight excluding hydrogens is 332 g/mol. The van der Waals surface area contributed by atoms with Crippen LogP contribution in [-0.4, -0.2) is 21.3 Å². The molecule has 0 spiro atoms. The number of azo groups is 1. The lowest BCUT2D eigenvalue weighted by Gasteiger charge is -1.99. The number of hydrogen-bond donors (Lipinski definition) is 3. The number of halogens is 1. The second-order valence-electron chi connectivity index (χ2n) is 4.87. The Balaban J connectivity index is 1.97. The summed E-state index contributed by atoms with van der Waals surface area (Å²) in [6.07, 6.45) is 0. The molecule has 0 aliphatic rings. The molecule has 3 aromatic rings. The van der Waals surface area contributed by atoms with Gasteiger partial charge in [-0.3, -0.25) is 15.0 Å². The summed E-state index contributed by atoms with van der Waals surface area (Å²) in [4.78, 5) is 22.9. The first-order valence-electron chi connectivity index (χ1n) is 6.86. The molecule has 7 nitrogen and oxygen atoms in total. The lowest BCUT2D eigenvalue weighted by Crippen LogP contribution is -1.96. The molecule has 0 bridgehead atoms. The van der Waals surface area contributed by atoms with Crippen LogP contribution in [0.2, 0.25) is 5.02 Å². The van der Waals surface area contributed by atoms with Crippen LogP contribution in [0, 0.1) is 0 Å². The molecule has 1 aromatic heterocycles. The number of aromatic amines is 2. The Labute approximate surface area is 140 Å². The van der Waals surface area contributed by atoms with Crippen molar-refractivity contribution in [3.63, 3.8) is 0 Å². The van der Waals surface area contributed by atoms with Crippen molar-refractivity contribution in [1.82, 2.24) is 10.2 Å². The monoisotopic (exact) mass is 342 g/mol. The van der Waals surface area contributed by atoms with Crippen LogP contribution in [0.1, 0.15) is 10.4 Å². The van der Waals surface area contributed by atoms with Gasteiger partial charge in [0.05, 0.1) is 16.9 Å². The third-order valence-electron chi connectivity index (χ3n) is 3.24. The maximum atomic E-state index is 11.9. The number of benzene rings is 2. The topological polar surface area (TPSA) is 111 Å². The highest BCUT2D eigenvalue weighted by Crippen LogP contribution is 2.27. The normalized spacial score (nSPS) is 11.0. The van der Waals surface area contributed by atoms with Crippen LogP contribution in [0.3, 0.4) is 0 Å². The van der Waals surface area contributed by atoms with Crippen molar-refractivity contribution in [2.75, 3.05) is 0 Å². The molecule has 24 heavy (non-hydrogen) atoms. The van der Waals surface area contributed by atoms with E-state index in [-0.39, 0.29) is 11.3 Å². The first-order valence-corrected chi connectivity index (χ1v) is 7.24. The number of H-pyrrole nitrogens is 2. The number of carbonyl (C=O) groups is 1. The van der Waals surface area contributed by atoms with Gasteiger partial charge in [-0.05, 0) is 30.3 Å². The molecule has 0 aliphatic heterocycles. The maximum absolute atomic E-state index is 11.9. The first-order chi connectivity index (χ1) is 11.5. The molecule has 8 heteroatoms. The van der Waals surface area contributed by atoms with Crippen LogP contribution >= 0.6 is 11.6 Å². The predicted molar refractivity (Wildman–Crippen MR) is 89.4 cm³/mol. The summed E-state index contributed by atoms with van der Waals surface area (Å²) >= 11 is 5.86. The van der Waals surface area contributed by atoms with Gasteiger partial charge in [0.25, 0.3) is 5.56 Å². The van der Waals surface area contributed by atoms with Crippen molar-refractivity contribution < 1.29 is 9.90 Å². The van der Waals surface area contributed by atoms with E-state index >= 15 is 0 Å². The highest BCUT2D eigenvalue weighted by Gasteiger charge is 2.11. The molecule has 0 unspecified atom stereocenters. The van der Waals surface area contributed by atoms with E-state index in [1.165, 1.54) is 12.1 Å². The summed E-state index contributed by atoms with van der Waals surface area (Å²) in [7, 11) is 0. The van der Waals surface area contributed by atoms with Gasteiger partial charge in [0.1, 0.15) is 0 Å². The largest absolute Gasteiger partial charge is 0.478 e. The highest BCUT2D eigenvalue weighted by atomic mass is 35.5. The highest BCUT2D eigenvalue weighted by molar-refractivity contribution is 6.30. The second-order valence-corrected chi connectivity index (χ2v) is 5.30. The minimum absolute atomic E-state index is 0.0901. The van der Waals surface area contributed by atoms with E-state index in [1.54, 1.807) is 36.4 Å². The van der Waals surface area contributed by atoms with Gasteiger partial charge in [0.2, 0.25) is 0 Å². The summed E-state index contributed by atoms with van der Waals surface area (Å²) in [5, 5.41) is 22.7. The molecule has 120 valence electrons. The van der Waals surface area contributed by atoms with E-state index in [0.29, 0.717) is 22.0 Å². The zero-order chi connectivity index (χ0) is 17.1. The van der Waals surface area contributed by atoms with E-state index in [2.05, 4.69) is 20.4 Å². The van der Waals surface area contributed by atoms with Crippen LogP contribution in [0.5, 0.6) is 0 Å². The van der Waals surface area contributed by atoms with E-state index < -0.39 is 11.5 Å². The summed E-state index contributed by atoms with van der Waals surface area (Å²) in [6.45, 7) is 0. The molecule has 0 radical (unpaired) electrons. The van der Waals surface area contributed by atoms with Crippen molar-refractivity contribution >= 4 is 28.9 Å². The molecule has 2 aromatic carbocycles. The van der Waals surface area contributed by atoms with E-state index in [9.17, 15) is 9.59 Å². The summed E-state index contributed by atoms with van der Waals surface area (Å²) in [5.41, 5.74) is 1.27. The molecule has 0 amide bonds. The molecular formula is C16H11ClN4O3. The summed E-state index contributed by atoms with van der Waals surface area (Å²) in [5.74, 6) is -1.06. The van der Waals surface area contributed by atoms with Gasteiger partial charge in [-0.25, -0.2) is 4.79 Å². The number of aromatic nitrogens is 2. The molecule has 0 aliphatic carbocycles. The third kappa shape index (κ3) is 3.26. The molecule has 3 rings (SSSR count). The molecule has 0 saturated heterocycles. The SMILES string of the molecule is O=C(O)c1cccc(N=Nc2c(-c3ccc(Cl)cc3)[nH][nH]c2=O)c1. The summed E-state index contributed by atoms with van der Waals surface area (Å²) < 4.78 is 0. The zero-order valence-corrected chi connectivity index (χ0v) is 12.9. The van der Waals surface area contributed by atoms with Crippen LogP contribution in [-0.2, 0) is 0 Å². The Kier molecular flexibility index (Phi) is 4.26. The Hall–Kier alpha value is -3.19. The van der Waals surface area contributed by atoms with Crippen LogP contribution in [0.25, 0.3) is 11.3 Å². The standard InChI is InChI=1S/C16H11ClN4O3/c17-11-6-4-9(5-7-11)13-14(15(22)21-19-13)20-18-12-3-1-2-10(8-12)16(23)24/h1-8H,(H,23,24)(H2,19,21,22). The number of carboxylic acid groups (broad SMARTS) is 1. The number of nitrogens with zero attached hydrogens (tertiary/aromatic N) is 2. The number of hydrogen-bond acceptors (Lipinski definition) is 4. The van der Waals surface area contributed by atoms with Crippen molar-refractivity contribution in [2.24, 2.45) is 10.2 Å². The fourth-order valence-electron chi connectivity index (χ4n) is 2.08. The van der Waals surface area contributed by atoms with Gasteiger partial charge in [-0.2, -0.15) is 5.11 Å². The maximum Gasteiger partial charge on any atom is 0.335 e. The minimum atomic E-state index is -1.06. The van der Waals surface area contributed by atoms with Crippen molar-refractivity contribution in [2.45, 2.75) is 0 Å². The molecule has 0 atom stereocenters. The van der Waals surface area contributed by atoms with Crippen LogP contribution in [0.4, 0.5) is 11.4 Å². The Morgan fingerprint density at radius 1 is 1.04 bits per heavy atom. The number of aromatic carboxylic acids is 1. The fourth-order valence-corrected chi connectivity index (χ4v) is 2.21. The van der Waals surface area contributed by atoms with E-state index in [1.807, 2.05) is 0 Å². The van der Waals surface area contributed by atoms with Gasteiger partial charge in [-0.1, -0.05) is 29.8 Å². The second kappa shape index (κ2) is 6.51. The van der Waals surface area contributed by atoms with Crippen LogP contribution < -0.4 is 5.56 Å². The third-order valence-corrected chi connectivity index (χ3v) is 3.50. The smallest absolute Gasteiger partial charge is 0.335 e. The average molecular weight is 343 g/mol. The molecule has 1 heterocycles. The lowest BCUT2D eigenvalue weighted by molar-refractivity contribution is 0.0697. The first kappa shape index (κ1) is 15.7.